The molecule has 1 rings (SSSR count). The summed E-state index contributed by atoms with van der Waals surface area (Å²) in [6.07, 6.45) is 3.30. The SMILES string of the molecule is CCN(C)C(=O)NC1CCC(C(=O)OC)CC1. The molecule has 1 saturated carbocycles. The molecule has 0 aromatic heterocycles. The highest BCUT2D eigenvalue weighted by Gasteiger charge is 2.27. The number of rotatable bonds is 3. The van der Waals surface area contributed by atoms with E-state index in [-0.39, 0.29) is 24.0 Å². The van der Waals surface area contributed by atoms with Gasteiger partial charge in [-0.15, -0.1) is 0 Å². The summed E-state index contributed by atoms with van der Waals surface area (Å²) in [5, 5.41) is 2.98. The van der Waals surface area contributed by atoms with Gasteiger partial charge in [-0.3, -0.25) is 4.79 Å². The average Bonchev–Trinajstić information content (AvgIpc) is 2.37. The zero-order valence-corrected chi connectivity index (χ0v) is 10.9. The minimum Gasteiger partial charge on any atom is -0.469 e. The van der Waals surface area contributed by atoms with E-state index in [1.165, 1.54) is 7.11 Å². The Morgan fingerprint density at radius 2 is 1.88 bits per heavy atom. The lowest BCUT2D eigenvalue weighted by atomic mass is 9.86. The van der Waals surface area contributed by atoms with Crippen molar-refractivity contribution in [2.75, 3.05) is 20.7 Å². The van der Waals surface area contributed by atoms with E-state index in [9.17, 15) is 9.59 Å². The maximum Gasteiger partial charge on any atom is 0.317 e. The first-order valence-electron chi connectivity index (χ1n) is 6.18. The van der Waals surface area contributed by atoms with Crippen LogP contribution >= 0.6 is 0 Å². The minimum atomic E-state index is -0.125. The van der Waals surface area contributed by atoms with E-state index in [2.05, 4.69) is 5.32 Å². The van der Waals surface area contributed by atoms with E-state index in [0.717, 1.165) is 25.7 Å². The molecule has 5 heteroatoms. The van der Waals surface area contributed by atoms with Gasteiger partial charge in [0.2, 0.25) is 0 Å². The Morgan fingerprint density at radius 1 is 1.29 bits per heavy atom. The Balaban J connectivity index is 2.32. The smallest absolute Gasteiger partial charge is 0.317 e. The van der Waals surface area contributed by atoms with Gasteiger partial charge in [-0.1, -0.05) is 0 Å². The summed E-state index contributed by atoms with van der Waals surface area (Å²) < 4.78 is 4.73. The van der Waals surface area contributed by atoms with Crippen LogP contribution in [0.15, 0.2) is 0 Å². The van der Waals surface area contributed by atoms with Crippen molar-refractivity contribution in [3.05, 3.63) is 0 Å². The number of carbonyl (C=O) groups is 2. The third kappa shape index (κ3) is 3.91. The topological polar surface area (TPSA) is 58.6 Å². The summed E-state index contributed by atoms with van der Waals surface area (Å²) in [5.74, 6) is -0.113. The number of ether oxygens (including phenoxy) is 1. The molecule has 0 radical (unpaired) electrons. The Morgan fingerprint density at radius 3 is 2.35 bits per heavy atom. The second-order valence-corrected chi connectivity index (χ2v) is 4.54. The zero-order chi connectivity index (χ0) is 12.8. The van der Waals surface area contributed by atoms with E-state index in [1.807, 2.05) is 6.92 Å². The number of amides is 2. The van der Waals surface area contributed by atoms with Gasteiger partial charge in [0.15, 0.2) is 0 Å². The number of hydrogen-bond donors (Lipinski definition) is 1. The summed E-state index contributed by atoms with van der Waals surface area (Å²) in [7, 11) is 3.20. The maximum atomic E-state index is 11.6. The van der Waals surface area contributed by atoms with Crippen LogP contribution in [0.3, 0.4) is 0 Å². The number of hydrogen-bond acceptors (Lipinski definition) is 3. The zero-order valence-electron chi connectivity index (χ0n) is 10.9. The molecule has 0 aliphatic heterocycles. The van der Waals surface area contributed by atoms with Gasteiger partial charge in [0.1, 0.15) is 0 Å². The molecule has 0 heterocycles. The van der Waals surface area contributed by atoms with Gasteiger partial charge in [-0.05, 0) is 32.6 Å². The van der Waals surface area contributed by atoms with Gasteiger partial charge < -0.3 is 15.0 Å². The highest BCUT2D eigenvalue weighted by Crippen LogP contribution is 2.25. The second-order valence-electron chi connectivity index (χ2n) is 4.54. The lowest BCUT2D eigenvalue weighted by Crippen LogP contribution is -2.44. The first-order chi connectivity index (χ1) is 8.08. The lowest BCUT2D eigenvalue weighted by Gasteiger charge is -2.29. The van der Waals surface area contributed by atoms with Gasteiger partial charge in [0, 0.05) is 19.6 Å². The van der Waals surface area contributed by atoms with Crippen LogP contribution in [-0.4, -0.2) is 43.6 Å². The van der Waals surface area contributed by atoms with Crippen molar-refractivity contribution in [1.82, 2.24) is 10.2 Å². The fourth-order valence-electron chi connectivity index (χ4n) is 2.07. The van der Waals surface area contributed by atoms with Crippen LogP contribution in [0, 0.1) is 5.92 Å². The number of carbonyl (C=O) groups excluding carboxylic acids is 2. The standard InChI is InChI=1S/C12H22N2O3/c1-4-14(2)12(16)13-10-7-5-9(6-8-10)11(15)17-3/h9-10H,4-8H2,1-3H3,(H,13,16). The predicted molar refractivity (Wildman–Crippen MR) is 64.6 cm³/mol. The molecule has 0 spiro atoms. The van der Waals surface area contributed by atoms with Gasteiger partial charge in [0.25, 0.3) is 0 Å². The molecule has 0 bridgehead atoms. The molecular weight excluding hydrogens is 220 g/mol. The molecule has 0 unspecified atom stereocenters. The molecule has 1 fully saturated rings. The van der Waals surface area contributed by atoms with Crippen molar-refractivity contribution in [1.29, 1.82) is 0 Å². The summed E-state index contributed by atoms with van der Waals surface area (Å²) in [6, 6.07) is 0.159. The van der Waals surface area contributed by atoms with Crippen molar-refractivity contribution in [3.63, 3.8) is 0 Å². The van der Waals surface area contributed by atoms with Crippen molar-refractivity contribution < 1.29 is 14.3 Å². The number of esters is 1. The van der Waals surface area contributed by atoms with Crippen molar-refractivity contribution in [2.24, 2.45) is 5.92 Å². The fourth-order valence-corrected chi connectivity index (χ4v) is 2.07. The number of urea groups is 1. The molecule has 2 amide bonds. The third-order valence-corrected chi connectivity index (χ3v) is 3.41. The molecule has 1 aliphatic rings. The highest BCUT2D eigenvalue weighted by atomic mass is 16.5. The molecule has 1 N–H and O–H groups in total. The Hall–Kier alpha value is -1.26. The van der Waals surface area contributed by atoms with Gasteiger partial charge in [-0.25, -0.2) is 4.79 Å². The molecule has 0 saturated heterocycles. The van der Waals surface area contributed by atoms with Gasteiger partial charge >= 0.3 is 12.0 Å². The van der Waals surface area contributed by atoms with Crippen LogP contribution in [0.2, 0.25) is 0 Å². The van der Waals surface area contributed by atoms with Gasteiger partial charge in [-0.2, -0.15) is 0 Å². The second kappa shape index (κ2) is 6.47. The minimum absolute atomic E-state index is 0.0112. The van der Waals surface area contributed by atoms with E-state index in [0.29, 0.717) is 6.54 Å². The van der Waals surface area contributed by atoms with Crippen LogP contribution in [0.1, 0.15) is 32.6 Å². The average molecular weight is 242 g/mol. The molecule has 0 aromatic rings. The Kier molecular flexibility index (Phi) is 5.25. The fraction of sp³-hybridized carbons (Fsp3) is 0.833. The van der Waals surface area contributed by atoms with E-state index < -0.39 is 0 Å². The quantitative estimate of drug-likeness (QED) is 0.761. The normalized spacial score (nSPS) is 23.9. The van der Waals surface area contributed by atoms with Crippen molar-refractivity contribution >= 4 is 12.0 Å². The highest BCUT2D eigenvalue weighted by molar-refractivity contribution is 5.74. The molecule has 0 aromatic carbocycles. The maximum absolute atomic E-state index is 11.6. The molecule has 0 atom stereocenters. The third-order valence-electron chi connectivity index (χ3n) is 3.41. The summed E-state index contributed by atoms with van der Waals surface area (Å²) in [5.41, 5.74) is 0. The number of nitrogens with zero attached hydrogens (tertiary/aromatic N) is 1. The molecule has 98 valence electrons. The first kappa shape index (κ1) is 13.8. The van der Waals surface area contributed by atoms with Crippen LogP contribution in [0.4, 0.5) is 4.79 Å². The van der Waals surface area contributed by atoms with E-state index in [4.69, 9.17) is 4.74 Å². The summed E-state index contributed by atoms with van der Waals surface area (Å²) >= 11 is 0. The monoisotopic (exact) mass is 242 g/mol. The summed E-state index contributed by atoms with van der Waals surface area (Å²) in [4.78, 5) is 24.6. The van der Waals surface area contributed by atoms with Crippen LogP contribution < -0.4 is 5.32 Å². The van der Waals surface area contributed by atoms with E-state index >= 15 is 0 Å². The molecular formula is C12H22N2O3. The summed E-state index contributed by atoms with van der Waals surface area (Å²) in [6.45, 7) is 2.64. The number of methoxy groups -OCH3 is 1. The molecule has 1 aliphatic carbocycles. The first-order valence-corrected chi connectivity index (χ1v) is 6.18. The van der Waals surface area contributed by atoms with Crippen LogP contribution in [-0.2, 0) is 9.53 Å². The van der Waals surface area contributed by atoms with Crippen molar-refractivity contribution in [3.8, 4) is 0 Å². The molecule has 17 heavy (non-hydrogen) atoms. The predicted octanol–water partition coefficient (Wildman–Crippen LogP) is 1.38. The Labute approximate surface area is 102 Å². The van der Waals surface area contributed by atoms with Crippen LogP contribution in [0.5, 0.6) is 0 Å². The lowest BCUT2D eigenvalue weighted by molar-refractivity contribution is -0.146. The molecule has 5 nitrogen and oxygen atoms in total. The van der Waals surface area contributed by atoms with Gasteiger partial charge in [0.05, 0.1) is 13.0 Å². The van der Waals surface area contributed by atoms with Crippen molar-refractivity contribution in [2.45, 2.75) is 38.6 Å². The largest absolute Gasteiger partial charge is 0.469 e. The Bertz CT molecular complexity index is 273. The van der Waals surface area contributed by atoms with E-state index in [1.54, 1.807) is 11.9 Å². The number of nitrogens with one attached hydrogen (secondary N) is 1. The van der Waals surface area contributed by atoms with Crippen LogP contribution in [0.25, 0.3) is 0 Å².